The van der Waals surface area contributed by atoms with Crippen LogP contribution in [0.15, 0.2) is 0 Å². The van der Waals surface area contributed by atoms with Gasteiger partial charge in [0.05, 0.1) is 0 Å². The molecule has 0 spiro atoms. The van der Waals surface area contributed by atoms with Gasteiger partial charge in [-0.2, -0.15) is 0 Å². The molecule has 0 aliphatic carbocycles. The molecule has 0 aliphatic heterocycles. The van der Waals surface area contributed by atoms with Gasteiger partial charge in [0.15, 0.2) is 0 Å². The Morgan fingerprint density at radius 3 is 1.11 bits per heavy atom. The number of rotatable bonds is 2. The largest absolute Gasteiger partial charge is 0.658 e. The third kappa shape index (κ3) is 17.6. The van der Waals surface area contributed by atoms with Gasteiger partial charge in [0.2, 0.25) is 0 Å². The van der Waals surface area contributed by atoms with Crippen molar-refractivity contribution in [2.75, 3.05) is 0 Å². The minimum absolute atomic E-state index is 0. The first-order valence-corrected chi connectivity index (χ1v) is 2.83. The van der Waals surface area contributed by atoms with Crippen molar-refractivity contribution in [2.24, 2.45) is 0 Å². The molecule has 1 radical (unpaired) electrons. The summed E-state index contributed by atoms with van der Waals surface area (Å²) in [6, 6.07) is 1.000. The fourth-order valence-corrected chi connectivity index (χ4v) is 0.596. The van der Waals surface area contributed by atoms with Crippen molar-refractivity contribution < 1.29 is 35.6 Å². The molecule has 2 heteroatoms. The topological polar surface area (TPSA) is 14.1 Å². The Bertz CT molecular complexity index is 38.2. The maximum atomic E-state index is 4.28. The third-order valence-electron chi connectivity index (χ3n) is 0.596. The molecule has 0 rings (SSSR count). The second-order valence-electron chi connectivity index (χ2n) is 2.34. The molecule has 55 valence electrons. The monoisotopic (exact) mass is 254 g/mol. The van der Waals surface area contributed by atoms with Crippen LogP contribution >= 0.6 is 0 Å². The molecule has 0 unspecified atom stereocenters. The molecule has 0 amide bonds. The summed E-state index contributed by atoms with van der Waals surface area (Å²) in [4.78, 5) is 0. The molecular weight excluding hydrogens is 237 g/mol. The fourth-order valence-electron chi connectivity index (χ4n) is 0.596. The van der Waals surface area contributed by atoms with Gasteiger partial charge in [0.25, 0.3) is 0 Å². The first-order chi connectivity index (χ1) is 3.13. The van der Waals surface area contributed by atoms with Gasteiger partial charge >= 0.3 is 0 Å². The molecule has 0 bridgehead atoms. The zero-order chi connectivity index (χ0) is 5.86. The summed E-state index contributed by atoms with van der Waals surface area (Å²) >= 11 is 0. The molecule has 9 heavy (non-hydrogen) atoms. The molecule has 0 saturated carbocycles. The Hall–Kier alpha value is 1.15. The Morgan fingerprint density at radius 1 is 0.889 bits per heavy atom. The van der Waals surface area contributed by atoms with E-state index in [1.807, 2.05) is 0 Å². The van der Waals surface area contributed by atoms with E-state index < -0.39 is 0 Å². The molecule has 0 fully saturated rings. The molecule has 0 aromatic rings. The summed E-state index contributed by atoms with van der Waals surface area (Å²) in [6.45, 7) is 8.39. The standard InChI is InChI=1S/C6H14N.CH3.La/c1-5(2)7-6(3)4;;/h5-6H,1-4H3;1H3;/q2*-1;. The van der Waals surface area contributed by atoms with Gasteiger partial charge in [-0.25, -0.2) is 0 Å². The maximum Gasteiger partial charge on any atom is 0 e. The minimum Gasteiger partial charge on any atom is -0.658 e. The molecule has 0 heterocycles. The van der Waals surface area contributed by atoms with E-state index in [1.54, 1.807) is 0 Å². The van der Waals surface area contributed by atoms with Crippen molar-refractivity contribution >= 4 is 0 Å². The van der Waals surface area contributed by atoms with Crippen molar-refractivity contribution in [3.8, 4) is 0 Å². The normalized spacial score (nSPS) is 8.67. The van der Waals surface area contributed by atoms with E-state index in [9.17, 15) is 0 Å². The van der Waals surface area contributed by atoms with E-state index >= 15 is 0 Å². The third-order valence-corrected chi connectivity index (χ3v) is 0.596. The van der Waals surface area contributed by atoms with Crippen LogP contribution in [0.25, 0.3) is 5.32 Å². The molecule has 0 aliphatic rings. The van der Waals surface area contributed by atoms with Gasteiger partial charge in [-0.15, -0.1) is 12.1 Å². The summed E-state index contributed by atoms with van der Waals surface area (Å²) in [5.74, 6) is 0. The van der Waals surface area contributed by atoms with Crippen LogP contribution < -0.4 is 0 Å². The second kappa shape index (κ2) is 9.15. The summed E-state index contributed by atoms with van der Waals surface area (Å²) in [5.41, 5.74) is 0. The van der Waals surface area contributed by atoms with Gasteiger partial charge in [0.1, 0.15) is 0 Å². The van der Waals surface area contributed by atoms with E-state index in [4.69, 9.17) is 0 Å². The first kappa shape index (κ1) is 16.6. The minimum atomic E-state index is 0. The number of hydrogen-bond donors (Lipinski definition) is 0. The molecular formula is C7H17LaN-2. The van der Waals surface area contributed by atoms with E-state index in [2.05, 4.69) is 33.0 Å². The Morgan fingerprint density at radius 2 is 1.11 bits per heavy atom. The summed E-state index contributed by atoms with van der Waals surface area (Å²) in [5, 5.41) is 4.28. The van der Waals surface area contributed by atoms with Crippen molar-refractivity contribution in [2.45, 2.75) is 39.8 Å². The van der Waals surface area contributed by atoms with E-state index in [1.165, 1.54) is 0 Å². The predicted molar refractivity (Wildman–Crippen MR) is 40.0 cm³/mol. The van der Waals surface area contributed by atoms with Crippen LogP contribution in [0.4, 0.5) is 0 Å². The van der Waals surface area contributed by atoms with Crippen LogP contribution in [-0.2, 0) is 0 Å². The van der Waals surface area contributed by atoms with Crippen molar-refractivity contribution in [3.63, 3.8) is 0 Å². The van der Waals surface area contributed by atoms with Crippen LogP contribution in [0.5, 0.6) is 0 Å². The van der Waals surface area contributed by atoms with Crippen LogP contribution in [0.2, 0.25) is 0 Å². The van der Waals surface area contributed by atoms with Crippen LogP contribution in [0, 0.1) is 43.0 Å². The zero-order valence-corrected chi connectivity index (χ0v) is 10.8. The average Bonchev–Trinajstić information content (AvgIpc) is 1.27. The SMILES string of the molecule is CC(C)[N-]C(C)C.[CH3-].[La]. The van der Waals surface area contributed by atoms with E-state index in [0.717, 1.165) is 0 Å². The van der Waals surface area contributed by atoms with Crippen molar-refractivity contribution in [1.82, 2.24) is 0 Å². The molecule has 0 aromatic carbocycles. The van der Waals surface area contributed by atoms with Gasteiger partial charge in [-0.3, -0.25) is 0 Å². The van der Waals surface area contributed by atoms with E-state index in [0.29, 0.717) is 12.1 Å². The van der Waals surface area contributed by atoms with Crippen molar-refractivity contribution in [3.05, 3.63) is 12.7 Å². The molecule has 0 saturated heterocycles. The summed E-state index contributed by atoms with van der Waals surface area (Å²) < 4.78 is 0. The quantitative estimate of drug-likeness (QED) is 0.672. The Labute approximate surface area is 87.6 Å². The first-order valence-electron chi connectivity index (χ1n) is 2.83. The molecule has 1 nitrogen and oxygen atoms in total. The Kier molecular flexibility index (Phi) is 16.9. The van der Waals surface area contributed by atoms with Crippen LogP contribution in [-0.4, -0.2) is 12.1 Å². The van der Waals surface area contributed by atoms with Crippen LogP contribution in [0.1, 0.15) is 27.7 Å². The number of nitrogens with zero attached hydrogens (tertiary/aromatic N) is 1. The molecule has 0 atom stereocenters. The van der Waals surface area contributed by atoms with Crippen molar-refractivity contribution in [1.29, 1.82) is 0 Å². The zero-order valence-electron chi connectivity index (χ0n) is 7.18. The van der Waals surface area contributed by atoms with Gasteiger partial charge in [0, 0.05) is 35.6 Å². The smallest absolute Gasteiger partial charge is 0 e. The van der Waals surface area contributed by atoms with Gasteiger partial charge in [-0.1, -0.05) is 27.7 Å². The molecule has 0 N–H and O–H groups in total. The van der Waals surface area contributed by atoms with Gasteiger partial charge in [-0.05, 0) is 0 Å². The summed E-state index contributed by atoms with van der Waals surface area (Å²) in [7, 11) is 0. The number of hydrogen-bond acceptors (Lipinski definition) is 0. The fraction of sp³-hybridized carbons (Fsp3) is 0.857. The maximum absolute atomic E-state index is 4.28. The van der Waals surface area contributed by atoms with Crippen LogP contribution in [0.3, 0.4) is 0 Å². The average molecular weight is 254 g/mol. The van der Waals surface area contributed by atoms with Gasteiger partial charge < -0.3 is 12.7 Å². The predicted octanol–water partition coefficient (Wildman–Crippen LogP) is 2.63. The Balaban J connectivity index is -0.000000180. The summed E-state index contributed by atoms with van der Waals surface area (Å²) in [6.07, 6.45) is 0. The molecule has 0 aromatic heterocycles. The second-order valence-corrected chi connectivity index (χ2v) is 2.34. The van der Waals surface area contributed by atoms with E-state index in [-0.39, 0.29) is 43.0 Å².